The highest BCUT2D eigenvalue weighted by Crippen LogP contribution is 2.39. The fourth-order valence-corrected chi connectivity index (χ4v) is 3.71. The van der Waals surface area contributed by atoms with Crippen molar-refractivity contribution in [3.05, 3.63) is 69.0 Å². The highest BCUT2D eigenvalue weighted by Gasteiger charge is 2.26. The summed E-state index contributed by atoms with van der Waals surface area (Å²) in [6, 6.07) is 9.05. The molecule has 5 nitrogen and oxygen atoms in total. The van der Waals surface area contributed by atoms with E-state index in [2.05, 4.69) is 10.3 Å². The number of fused-ring (bicyclic) bond motifs is 1. The highest BCUT2D eigenvalue weighted by molar-refractivity contribution is 6.06. The molecular weight excluding hydrogens is 376 g/mol. The van der Waals surface area contributed by atoms with E-state index in [4.69, 9.17) is 0 Å². The molecule has 5 heteroatoms. The van der Waals surface area contributed by atoms with Crippen LogP contribution in [0.5, 0.6) is 5.75 Å². The maximum atomic E-state index is 13.0. The lowest BCUT2D eigenvalue weighted by Crippen LogP contribution is -2.25. The van der Waals surface area contributed by atoms with Gasteiger partial charge in [0, 0.05) is 28.9 Å². The summed E-state index contributed by atoms with van der Waals surface area (Å²) in [5.41, 5.74) is 2.91. The van der Waals surface area contributed by atoms with Crippen LogP contribution in [0.3, 0.4) is 0 Å². The Morgan fingerprint density at radius 3 is 2.23 bits per heavy atom. The van der Waals surface area contributed by atoms with Crippen LogP contribution < -0.4 is 10.7 Å². The minimum atomic E-state index is -0.505. The Balaban J connectivity index is 2.11. The van der Waals surface area contributed by atoms with Crippen LogP contribution in [0.4, 0.5) is 5.69 Å². The average Bonchev–Trinajstić information content (AvgIpc) is 2.59. The lowest BCUT2D eigenvalue weighted by molar-refractivity contribution is 0.102. The summed E-state index contributed by atoms with van der Waals surface area (Å²) >= 11 is 0. The molecule has 0 aliphatic rings. The molecule has 0 saturated carbocycles. The van der Waals surface area contributed by atoms with Crippen LogP contribution in [-0.2, 0) is 10.8 Å². The maximum Gasteiger partial charge on any atom is 0.261 e. The molecule has 0 radical (unpaired) electrons. The molecule has 30 heavy (non-hydrogen) atoms. The van der Waals surface area contributed by atoms with Gasteiger partial charge in [0.25, 0.3) is 5.91 Å². The summed E-state index contributed by atoms with van der Waals surface area (Å²) in [4.78, 5) is 29.1. The minimum absolute atomic E-state index is 0.0380. The number of rotatable bonds is 2. The second-order valence-electron chi connectivity index (χ2n) is 9.90. The highest BCUT2D eigenvalue weighted by atomic mass is 16.3. The van der Waals surface area contributed by atoms with Crippen molar-refractivity contribution in [3.8, 4) is 5.75 Å². The van der Waals surface area contributed by atoms with Gasteiger partial charge in [-0.25, -0.2) is 0 Å². The standard InChI is InChI=1S/C25H30N2O3/c1-14-9-8-10-18-21(14)22(29)15(13-26-18)23(30)27-19-12-20(28)17(25(5,6)7)11-16(19)24(2,3)4/h8-13,28H,1-7H3,(H,26,29)(H,27,30). The first kappa shape index (κ1) is 21.6. The first-order valence-electron chi connectivity index (χ1n) is 10.1. The smallest absolute Gasteiger partial charge is 0.261 e. The molecule has 0 aliphatic carbocycles. The molecule has 0 aliphatic heterocycles. The Morgan fingerprint density at radius 1 is 1.00 bits per heavy atom. The zero-order valence-corrected chi connectivity index (χ0v) is 18.7. The molecule has 3 aromatic rings. The second kappa shape index (κ2) is 7.31. The number of phenolic OH excluding ortho intramolecular Hbond substituents is 1. The van der Waals surface area contributed by atoms with Gasteiger partial charge in [-0.2, -0.15) is 0 Å². The van der Waals surface area contributed by atoms with Crippen molar-refractivity contribution in [2.45, 2.75) is 59.3 Å². The third-order valence-corrected chi connectivity index (χ3v) is 5.36. The van der Waals surface area contributed by atoms with Gasteiger partial charge in [-0.15, -0.1) is 0 Å². The number of anilines is 1. The van der Waals surface area contributed by atoms with Crippen LogP contribution >= 0.6 is 0 Å². The van der Waals surface area contributed by atoms with Crippen molar-refractivity contribution in [1.29, 1.82) is 0 Å². The van der Waals surface area contributed by atoms with Gasteiger partial charge in [-0.3, -0.25) is 9.59 Å². The molecule has 2 aromatic carbocycles. The first-order chi connectivity index (χ1) is 13.8. The topological polar surface area (TPSA) is 82.2 Å². The number of phenols is 1. The summed E-state index contributed by atoms with van der Waals surface area (Å²) in [6.07, 6.45) is 1.44. The van der Waals surface area contributed by atoms with Crippen LogP contribution in [-0.4, -0.2) is 16.0 Å². The Hall–Kier alpha value is -3.08. The normalized spacial score (nSPS) is 12.2. The molecule has 3 N–H and O–H groups in total. The molecule has 0 spiro atoms. The Bertz CT molecular complexity index is 1190. The number of aryl methyl sites for hydroxylation is 1. The molecule has 3 rings (SSSR count). The van der Waals surface area contributed by atoms with Gasteiger partial charge < -0.3 is 15.4 Å². The zero-order valence-electron chi connectivity index (χ0n) is 18.7. The number of amides is 1. The number of carbonyl (C=O) groups excluding carboxylic acids is 1. The number of pyridine rings is 1. The van der Waals surface area contributed by atoms with E-state index in [0.717, 1.165) is 16.7 Å². The first-order valence-corrected chi connectivity index (χ1v) is 10.1. The zero-order chi connectivity index (χ0) is 22.4. The number of H-pyrrole nitrogens is 1. The van der Waals surface area contributed by atoms with Crippen molar-refractivity contribution in [1.82, 2.24) is 4.98 Å². The fraction of sp³-hybridized carbons (Fsp3) is 0.360. The SMILES string of the molecule is Cc1cccc2[nH]cc(C(=O)Nc3cc(O)c(C(C)(C)C)cc3C(C)(C)C)c(=O)c12. The lowest BCUT2D eigenvalue weighted by Gasteiger charge is -2.28. The monoisotopic (exact) mass is 406 g/mol. The van der Waals surface area contributed by atoms with Crippen molar-refractivity contribution >= 4 is 22.5 Å². The minimum Gasteiger partial charge on any atom is -0.508 e. The number of benzene rings is 2. The van der Waals surface area contributed by atoms with Gasteiger partial charge in [0.15, 0.2) is 0 Å². The van der Waals surface area contributed by atoms with Crippen molar-refractivity contribution in [2.75, 3.05) is 5.32 Å². The Labute approximate surface area is 177 Å². The Kier molecular flexibility index (Phi) is 5.27. The molecule has 0 bridgehead atoms. The van der Waals surface area contributed by atoms with Crippen molar-refractivity contribution in [2.24, 2.45) is 0 Å². The van der Waals surface area contributed by atoms with E-state index in [1.54, 1.807) is 6.07 Å². The van der Waals surface area contributed by atoms with Gasteiger partial charge in [-0.1, -0.05) is 53.7 Å². The molecular formula is C25H30N2O3. The number of nitrogens with one attached hydrogen (secondary N) is 2. The third kappa shape index (κ3) is 3.97. The van der Waals surface area contributed by atoms with E-state index in [-0.39, 0.29) is 27.6 Å². The molecule has 158 valence electrons. The number of hydrogen-bond acceptors (Lipinski definition) is 3. The van der Waals surface area contributed by atoms with Gasteiger partial charge in [0.2, 0.25) is 5.43 Å². The Morgan fingerprint density at radius 2 is 1.63 bits per heavy atom. The van der Waals surface area contributed by atoms with Crippen LogP contribution in [0, 0.1) is 6.92 Å². The second-order valence-corrected chi connectivity index (χ2v) is 9.90. The molecule has 0 atom stereocenters. The van der Waals surface area contributed by atoms with E-state index in [9.17, 15) is 14.7 Å². The van der Waals surface area contributed by atoms with Gasteiger partial charge in [-0.05, 0) is 46.6 Å². The molecule has 0 saturated heterocycles. The predicted octanol–water partition coefficient (Wildman–Crippen LogP) is 5.39. The largest absolute Gasteiger partial charge is 0.508 e. The number of aromatic amines is 1. The number of aromatic nitrogens is 1. The summed E-state index contributed by atoms with van der Waals surface area (Å²) < 4.78 is 0. The van der Waals surface area contributed by atoms with Crippen molar-refractivity contribution in [3.63, 3.8) is 0 Å². The molecule has 1 aromatic heterocycles. The lowest BCUT2D eigenvalue weighted by atomic mass is 9.79. The summed E-state index contributed by atoms with van der Waals surface area (Å²) in [5.74, 6) is -0.385. The van der Waals surface area contributed by atoms with E-state index < -0.39 is 5.91 Å². The molecule has 0 unspecified atom stereocenters. The van der Waals surface area contributed by atoms with Crippen LogP contribution in [0.2, 0.25) is 0 Å². The number of carbonyl (C=O) groups is 1. The molecule has 1 heterocycles. The number of aromatic hydroxyl groups is 1. The summed E-state index contributed by atoms with van der Waals surface area (Å²) in [7, 11) is 0. The van der Waals surface area contributed by atoms with E-state index in [1.807, 2.05) is 72.7 Å². The van der Waals surface area contributed by atoms with E-state index >= 15 is 0 Å². The quantitative estimate of drug-likeness (QED) is 0.534. The van der Waals surface area contributed by atoms with Gasteiger partial charge in [0.05, 0.1) is 0 Å². The van der Waals surface area contributed by atoms with Crippen LogP contribution in [0.1, 0.15) is 68.6 Å². The fourth-order valence-electron chi connectivity index (χ4n) is 3.71. The predicted molar refractivity (Wildman–Crippen MR) is 123 cm³/mol. The summed E-state index contributed by atoms with van der Waals surface area (Å²) in [6.45, 7) is 14.1. The molecule has 0 fully saturated rings. The summed E-state index contributed by atoms with van der Waals surface area (Å²) in [5, 5.41) is 14.0. The maximum absolute atomic E-state index is 13.0. The van der Waals surface area contributed by atoms with E-state index in [1.165, 1.54) is 6.20 Å². The van der Waals surface area contributed by atoms with Crippen LogP contribution in [0.15, 0.2) is 41.3 Å². The average molecular weight is 407 g/mol. The molecule has 1 amide bonds. The van der Waals surface area contributed by atoms with Gasteiger partial charge >= 0.3 is 0 Å². The van der Waals surface area contributed by atoms with Crippen LogP contribution in [0.25, 0.3) is 10.9 Å². The van der Waals surface area contributed by atoms with Gasteiger partial charge in [0.1, 0.15) is 11.3 Å². The number of hydrogen-bond donors (Lipinski definition) is 3. The van der Waals surface area contributed by atoms with E-state index in [0.29, 0.717) is 16.6 Å². The third-order valence-electron chi connectivity index (χ3n) is 5.36. The van der Waals surface area contributed by atoms with Crippen molar-refractivity contribution < 1.29 is 9.90 Å².